The minimum absolute atomic E-state index is 0.0480. The van der Waals surface area contributed by atoms with Crippen molar-refractivity contribution >= 4 is 5.78 Å². The van der Waals surface area contributed by atoms with E-state index in [0.717, 1.165) is 25.7 Å². The first-order chi connectivity index (χ1) is 9.56. The molecule has 0 spiro atoms. The van der Waals surface area contributed by atoms with E-state index in [0.29, 0.717) is 24.9 Å². The average Bonchev–Trinajstić information content (AvgIpc) is 2.66. The smallest absolute Gasteiger partial charge is 0.136 e. The van der Waals surface area contributed by atoms with Gasteiger partial charge in [0.25, 0.3) is 0 Å². The fourth-order valence-corrected chi connectivity index (χ4v) is 4.88. The molecule has 0 heterocycles. The highest BCUT2D eigenvalue weighted by Gasteiger charge is 2.55. The van der Waals surface area contributed by atoms with Gasteiger partial charge in [-0.2, -0.15) is 0 Å². The highest BCUT2D eigenvalue weighted by Crippen LogP contribution is 2.59. The van der Waals surface area contributed by atoms with Crippen LogP contribution < -0.4 is 0 Å². The van der Waals surface area contributed by atoms with Crippen molar-refractivity contribution in [3.8, 4) is 0 Å². The number of carbonyl (C=O) groups excluding carboxylic acids is 1. The molecule has 3 atom stereocenters. The molecule has 0 aliphatic heterocycles. The van der Waals surface area contributed by atoms with Gasteiger partial charge in [-0.05, 0) is 56.3 Å². The number of hydrogen-bond donors (Lipinski definition) is 1. The van der Waals surface area contributed by atoms with Crippen LogP contribution in [-0.2, 0) is 9.53 Å². The lowest BCUT2D eigenvalue weighted by molar-refractivity contribution is -0.132. The Morgan fingerprint density at radius 2 is 1.90 bits per heavy atom. The summed E-state index contributed by atoms with van der Waals surface area (Å²) >= 11 is 0. The van der Waals surface area contributed by atoms with Crippen molar-refractivity contribution < 1.29 is 14.6 Å². The Bertz CT molecular complexity index is 394. The molecule has 3 heteroatoms. The molecule has 0 saturated heterocycles. The number of Topliss-reactive ketones (excluding diaryl/α,β-unsaturated/α-hetero) is 1. The molecule has 2 fully saturated rings. The second kappa shape index (κ2) is 5.66. The lowest BCUT2D eigenvalue weighted by atomic mass is 9.58. The van der Waals surface area contributed by atoms with E-state index in [4.69, 9.17) is 4.74 Å². The quantitative estimate of drug-likeness (QED) is 0.843. The highest BCUT2D eigenvalue weighted by atomic mass is 16.5. The Morgan fingerprint density at radius 3 is 2.52 bits per heavy atom. The normalized spacial score (nSPS) is 34.1. The van der Waals surface area contributed by atoms with Crippen LogP contribution in [0, 0.1) is 22.7 Å². The fraction of sp³-hybridized carbons (Fsp3) is 0.944. The van der Waals surface area contributed by atoms with Crippen LogP contribution in [0.3, 0.4) is 0 Å². The maximum Gasteiger partial charge on any atom is 0.136 e. The van der Waals surface area contributed by atoms with Crippen LogP contribution in [0.1, 0.15) is 66.7 Å². The summed E-state index contributed by atoms with van der Waals surface area (Å²) in [6.45, 7) is 11.4. The minimum atomic E-state index is -0.779. The standard InChI is InChI=1S/C18H32O3/c1-16(2,11-21-12-17(3,4)20)15-9-8-13-14(19)7-6-10-18(13,15)5/h13,15,20H,6-12H2,1-5H3. The molecular formula is C18H32O3. The van der Waals surface area contributed by atoms with Gasteiger partial charge in [0.05, 0.1) is 18.8 Å². The molecule has 2 aliphatic rings. The van der Waals surface area contributed by atoms with Crippen LogP contribution in [0.15, 0.2) is 0 Å². The third kappa shape index (κ3) is 3.50. The Kier molecular flexibility index (Phi) is 4.57. The molecule has 0 amide bonds. The van der Waals surface area contributed by atoms with Crippen molar-refractivity contribution in [1.82, 2.24) is 0 Å². The first kappa shape index (κ1) is 17.0. The summed E-state index contributed by atoms with van der Waals surface area (Å²) in [5, 5.41) is 9.78. The van der Waals surface area contributed by atoms with Crippen LogP contribution >= 0.6 is 0 Å². The summed E-state index contributed by atoms with van der Waals surface area (Å²) in [5.74, 6) is 1.28. The molecule has 2 aliphatic carbocycles. The van der Waals surface area contributed by atoms with Gasteiger partial charge in [-0.15, -0.1) is 0 Å². The number of fused-ring (bicyclic) bond motifs is 1. The first-order valence-corrected chi connectivity index (χ1v) is 8.39. The molecule has 0 aromatic carbocycles. The highest BCUT2D eigenvalue weighted by molar-refractivity contribution is 5.83. The van der Waals surface area contributed by atoms with Crippen molar-refractivity contribution in [2.24, 2.45) is 22.7 Å². The molecular weight excluding hydrogens is 264 g/mol. The van der Waals surface area contributed by atoms with Gasteiger partial charge in [-0.1, -0.05) is 20.8 Å². The fourth-order valence-electron chi connectivity index (χ4n) is 4.88. The second-order valence-electron chi connectivity index (χ2n) is 8.80. The first-order valence-electron chi connectivity index (χ1n) is 8.39. The van der Waals surface area contributed by atoms with E-state index in [1.54, 1.807) is 13.8 Å². The van der Waals surface area contributed by atoms with Crippen LogP contribution in [0.5, 0.6) is 0 Å². The zero-order valence-electron chi connectivity index (χ0n) is 14.4. The summed E-state index contributed by atoms with van der Waals surface area (Å²) in [4.78, 5) is 12.2. The predicted molar refractivity (Wildman–Crippen MR) is 84.1 cm³/mol. The molecule has 122 valence electrons. The van der Waals surface area contributed by atoms with Gasteiger partial charge in [0.15, 0.2) is 0 Å². The van der Waals surface area contributed by atoms with Crippen LogP contribution in [0.4, 0.5) is 0 Å². The van der Waals surface area contributed by atoms with Gasteiger partial charge in [0.1, 0.15) is 5.78 Å². The number of ketones is 1. The monoisotopic (exact) mass is 296 g/mol. The third-order valence-corrected chi connectivity index (χ3v) is 5.74. The number of hydrogen-bond acceptors (Lipinski definition) is 3. The summed E-state index contributed by atoms with van der Waals surface area (Å²) < 4.78 is 5.79. The average molecular weight is 296 g/mol. The van der Waals surface area contributed by atoms with Crippen molar-refractivity contribution in [3.63, 3.8) is 0 Å². The van der Waals surface area contributed by atoms with Crippen LogP contribution in [-0.4, -0.2) is 29.7 Å². The Labute approximate surface area is 129 Å². The summed E-state index contributed by atoms with van der Waals surface area (Å²) in [6.07, 6.45) is 5.18. The molecule has 2 rings (SSSR count). The molecule has 0 bridgehead atoms. The van der Waals surface area contributed by atoms with Crippen molar-refractivity contribution in [2.45, 2.75) is 72.3 Å². The topological polar surface area (TPSA) is 46.5 Å². The van der Waals surface area contributed by atoms with E-state index in [-0.39, 0.29) is 16.7 Å². The van der Waals surface area contributed by atoms with Crippen molar-refractivity contribution in [1.29, 1.82) is 0 Å². The number of ether oxygens (including phenoxy) is 1. The molecule has 2 saturated carbocycles. The van der Waals surface area contributed by atoms with E-state index < -0.39 is 5.60 Å². The largest absolute Gasteiger partial charge is 0.388 e. The predicted octanol–water partition coefficient (Wildman–Crippen LogP) is 3.59. The SMILES string of the molecule is CC(C)(O)COCC(C)(C)C1CCC2C(=O)CCCC21C. The van der Waals surface area contributed by atoms with E-state index in [1.807, 2.05) is 0 Å². The Hall–Kier alpha value is -0.410. The Balaban J connectivity index is 2.04. The van der Waals surface area contributed by atoms with Crippen molar-refractivity contribution in [2.75, 3.05) is 13.2 Å². The van der Waals surface area contributed by atoms with Crippen LogP contribution in [0.2, 0.25) is 0 Å². The summed E-state index contributed by atoms with van der Waals surface area (Å²) in [7, 11) is 0. The molecule has 3 nitrogen and oxygen atoms in total. The van der Waals surface area contributed by atoms with Gasteiger partial charge < -0.3 is 9.84 Å². The van der Waals surface area contributed by atoms with E-state index in [1.165, 1.54) is 6.42 Å². The molecule has 1 N–H and O–H groups in total. The van der Waals surface area contributed by atoms with Gasteiger partial charge in [-0.25, -0.2) is 0 Å². The number of rotatable bonds is 5. The molecule has 0 aromatic heterocycles. The van der Waals surface area contributed by atoms with Gasteiger partial charge >= 0.3 is 0 Å². The molecule has 3 unspecified atom stereocenters. The number of aliphatic hydroxyl groups is 1. The molecule has 0 radical (unpaired) electrons. The van der Waals surface area contributed by atoms with Gasteiger partial charge in [0, 0.05) is 12.3 Å². The lowest BCUT2D eigenvalue weighted by Gasteiger charge is -2.46. The van der Waals surface area contributed by atoms with Gasteiger partial charge in [-0.3, -0.25) is 4.79 Å². The molecule has 0 aromatic rings. The van der Waals surface area contributed by atoms with E-state index in [9.17, 15) is 9.90 Å². The Morgan fingerprint density at radius 1 is 1.24 bits per heavy atom. The number of carbonyl (C=O) groups is 1. The maximum absolute atomic E-state index is 12.2. The zero-order chi connectivity index (χ0) is 15.9. The van der Waals surface area contributed by atoms with E-state index >= 15 is 0 Å². The van der Waals surface area contributed by atoms with E-state index in [2.05, 4.69) is 20.8 Å². The summed E-state index contributed by atoms with van der Waals surface area (Å²) in [5.41, 5.74) is -0.581. The zero-order valence-corrected chi connectivity index (χ0v) is 14.4. The second-order valence-corrected chi connectivity index (χ2v) is 8.80. The van der Waals surface area contributed by atoms with Crippen molar-refractivity contribution in [3.05, 3.63) is 0 Å². The summed E-state index contributed by atoms with van der Waals surface area (Å²) in [6, 6.07) is 0. The molecule has 21 heavy (non-hydrogen) atoms. The van der Waals surface area contributed by atoms with Gasteiger partial charge in [0.2, 0.25) is 0 Å². The maximum atomic E-state index is 12.2. The minimum Gasteiger partial charge on any atom is -0.388 e. The van der Waals surface area contributed by atoms with Crippen LogP contribution in [0.25, 0.3) is 0 Å². The lowest BCUT2D eigenvalue weighted by Crippen LogP contribution is -2.44. The third-order valence-electron chi connectivity index (χ3n) is 5.74.